The van der Waals surface area contributed by atoms with Crippen LogP contribution in [0.2, 0.25) is 0 Å². The van der Waals surface area contributed by atoms with Crippen LogP contribution in [0.3, 0.4) is 0 Å². The summed E-state index contributed by atoms with van der Waals surface area (Å²) >= 11 is 0. The van der Waals surface area contributed by atoms with Gasteiger partial charge in [0.1, 0.15) is 5.84 Å². The molecule has 2 fully saturated rings. The molecule has 8 heteroatoms. The number of aliphatic hydroxyl groups excluding tert-OH is 1. The van der Waals surface area contributed by atoms with Gasteiger partial charge >= 0.3 is 0 Å². The molecule has 2 aromatic carbocycles. The smallest absolute Gasteiger partial charge is 0.256 e. The van der Waals surface area contributed by atoms with Crippen LogP contribution in [0.25, 0.3) is 0 Å². The highest BCUT2D eigenvalue weighted by atomic mass is 16.5. The number of aliphatic imine (C=N–C) groups is 1. The van der Waals surface area contributed by atoms with Crippen LogP contribution in [0.5, 0.6) is 0 Å². The van der Waals surface area contributed by atoms with Gasteiger partial charge in [-0.05, 0) is 61.6 Å². The van der Waals surface area contributed by atoms with E-state index in [0.29, 0.717) is 24.2 Å². The number of benzene rings is 2. The van der Waals surface area contributed by atoms with Gasteiger partial charge in [-0.1, -0.05) is 18.2 Å². The van der Waals surface area contributed by atoms with Crippen LogP contribution in [0.15, 0.2) is 53.5 Å². The van der Waals surface area contributed by atoms with Crippen molar-refractivity contribution in [1.82, 2.24) is 5.32 Å². The van der Waals surface area contributed by atoms with E-state index in [1.165, 1.54) is 19.3 Å². The van der Waals surface area contributed by atoms with Gasteiger partial charge in [-0.2, -0.15) is 0 Å². The number of anilines is 1. The minimum Gasteiger partial charge on any atom is -0.412 e. The molecule has 2 saturated heterocycles. The molecule has 3 heterocycles. The summed E-state index contributed by atoms with van der Waals surface area (Å²) in [5, 5.41) is 9.87. The molecular weight excluding hydrogens is 422 g/mol. The van der Waals surface area contributed by atoms with Gasteiger partial charge in [0.15, 0.2) is 0 Å². The molecule has 5 rings (SSSR count). The molecule has 0 atom stereocenters. The number of nitrogens with one attached hydrogen (secondary N) is 1. The number of amides is 2. The fraction of sp³-hybridized carbons (Fsp3) is 0.400. The molecule has 0 unspecified atom stereocenters. The molecule has 4 N–H and O–H groups in total. The van der Waals surface area contributed by atoms with Crippen molar-refractivity contribution in [2.75, 3.05) is 31.8 Å². The Morgan fingerprint density at radius 3 is 2.24 bits per heavy atom. The Labute approximate surface area is 194 Å². The molecule has 178 valence electrons. The number of fused-ring (bicyclic) bond motifs is 1. The Balaban J connectivity index is 0.000000369. The van der Waals surface area contributed by atoms with Gasteiger partial charge in [-0.15, -0.1) is 0 Å². The third kappa shape index (κ3) is 7.21. The van der Waals surface area contributed by atoms with Gasteiger partial charge in [0.05, 0.1) is 5.69 Å². The van der Waals surface area contributed by atoms with E-state index in [2.05, 4.69) is 10.3 Å². The molecule has 3 aliphatic heterocycles. The molecule has 0 saturated carbocycles. The lowest BCUT2D eigenvalue weighted by molar-refractivity contribution is -0.117. The largest absolute Gasteiger partial charge is 0.412 e. The summed E-state index contributed by atoms with van der Waals surface area (Å²) in [7, 11) is 1.00. The summed E-state index contributed by atoms with van der Waals surface area (Å²) < 4.78 is 5.07. The zero-order chi connectivity index (χ0) is 22.8. The quantitative estimate of drug-likeness (QED) is 0.723. The SMILES string of the molecule is C1CCOCC1.CO.O.O=C(NC1=Nc2ccccc2C1)c1ccc(N2CCCC2=O)cc1. The molecule has 0 bridgehead atoms. The highest BCUT2D eigenvalue weighted by molar-refractivity contribution is 6.09. The van der Waals surface area contributed by atoms with Crippen LogP contribution in [0.4, 0.5) is 11.4 Å². The molecule has 33 heavy (non-hydrogen) atoms. The number of carbonyl (C=O) groups is 2. The maximum absolute atomic E-state index is 12.4. The number of hydrogen-bond donors (Lipinski definition) is 2. The van der Waals surface area contributed by atoms with Crippen molar-refractivity contribution in [3.05, 3.63) is 59.7 Å². The average Bonchev–Trinajstić information content (AvgIpc) is 3.47. The number of amidine groups is 1. The van der Waals surface area contributed by atoms with Crippen molar-refractivity contribution in [1.29, 1.82) is 0 Å². The van der Waals surface area contributed by atoms with Crippen molar-refractivity contribution < 1.29 is 24.9 Å². The Hall–Kier alpha value is -3.07. The predicted octanol–water partition coefficient (Wildman–Crippen LogP) is 2.80. The Kier molecular flexibility index (Phi) is 10.7. The number of nitrogens with zero attached hydrogens (tertiary/aromatic N) is 2. The van der Waals surface area contributed by atoms with Crippen molar-refractivity contribution in [3.8, 4) is 0 Å². The number of aliphatic hydroxyl groups is 1. The summed E-state index contributed by atoms with van der Waals surface area (Å²) in [5.74, 6) is 0.631. The highest BCUT2D eigenvalue weighted by Gasteiger charge is 2.22. The van der Waals surface area contributed by atoms with E-state index >= 15 is 0 Å². The maximum atomic E-state index is 12.4. The third-order valence-corrected chi connectivity index (χ3v) is 5.45. The van der Waals surface area contributed by atoms with E-state index in [1.807, 2.05) is 36.4 Å². The van der Waals surface area contributed by atoms with Crippen LogP contribution in [-0.2, 0) is 16.0 Å². The van der Waals surface area contributed by atoms with Crippen molar-refractivity contribution in [2.45, 2.75) is 38.5 Å². The second kappa shape index (κ2) is 13.5. The van der Waals surface area contributed by atoms with Crippen LogP contribution >= 0.6 is 0 Å². The minimum atomic E-state index is -0.180. The number of hydrogen-bond acceptors (Lipinski definition) is 5. The Bertz CT molecular complexity index is 928. The van der Waals surface area contributed by atoms with E-state index in [9.17, 15) is 9.59 Å². The lowest BCUT2D eigenvalue weighted by Gasteiger charge is -2.15. The molecule has 3 aliphatic rings. The fourth-order valence-corrected chi connectivity index (χ4v) is 3.81. The third-order valence-electron chi connectivity index (χ3n) is 5.45. The van der Waals surface area contributed by atoms with Crippen LogP contribution < -0.4 is 10.2 Å². The maximum Gasteiger partial charge on any atom is 0.256 e. The lowest BCUT2D eigenvalue weighted by Crippen LogP contribution is -2.30. The van der Waals surface area contributed by atoms with Crippen molar-refractivity contribution >= 4 is 29.0 Å². The first-order valence-electron chi connectivity index (χ1n) is 11.1. The molecule has 0 spiro atoms. The topological polar surface area (TPSA) is 123 Å². The monoisotopic (exact) mass is 455 g/mol. The Morgan fingerprint density at radius 1 is 1.00 bits per heavy atom. The zero-order valence-electron chi connectivity index (χ0n) is 19.0. The average molecular weight is 456 g/mol. The van der Waals surface area contributed by atoms with E-state index < -0.39 is 0 Å². The summed E-state index contributed by atoms with van der Waals surface area (Å²) in [6, 6.07) is 15.0. The van der Waals surface area contributed by atoms with Crippen molar-refractivity contribution in [2.24, 2.45) is 4.99 Å². The van der Waals surface area contributed by atoms with E-state index in [-0.39, 0.29) is 17.3 Å². The van der Waals surface area contributed by atoms with Gasteiger partial charge < -0.3 is 25.5 Å². The second-order valence-electron chi connectivity index (χ2n) is 7.69. The first kappa shape index (κ1) is 26.2. The second-order valence-corrected chi connectivity index (χ2v) is 7.69. The van der Waals surface area contributed by atoms with Gasteiger partial charge in [-0.3, -0.25) is 9.59 Å². The van der Waals surface area contributed by atoms with E-state index in [0.717, 1.165) is 50.2 Å². The lowest BCUT2D eigenvalue weighted by atomic mass is 10.1. The van der Waals surface area contributed by atoms with Crippen LogP contribution in [0, 0.1) is 0 Å². The Morgan fingerprint density at radius 2 is 1.70 bits per heavy atom. The molecular formula is C25H33N3O5. The highest BCUT2D eigenvalue weighted by Crippen LogP contribution is 2.25. The molecule has 0 radical (unpaired) electrons. The number of ether oxygens (including phenoxy) is 1. The molecule has 2 amide bonds. The first-order chi connectivity index (χ1) is 15.7. The molecule has 0 aliphatic carbocycles. The number of para-hydroxylation sites is 1. The zero-order valence-corrected chi connectivity index (χ0v) is 19.0. The predicted molar refractivity (Wildman–Crippen MR) is 129 cm³/mol. The number of rotatable bonds is 2. The molecule has 8 nitrogen and oxygen atoms in total. The van der Waals surface area contributed by atoms with E-state index in [1.54, 1.807) is 17.0 Å². The van der Waals surface area contributed by atoms with Gasteiger partial charge in [0, 0.05) is 51.0 Å². The first-order valence-corrected chi connectivity index (χ1v) is 11.1. The molecule has 2 aromatic rings. The minimum absolute atomic E-state index is 0. The van der Waals surface area contributed by atoms with Gasteiger partial charge in [0.2, 0.25) is 5.91 Å². The molecule has 0 aromatic heterocycles. The number of carbonyl (C=O) groups excluding carboxylic acids is 2. The summed E-state index contributed by atoms with van der Waals surface area (Å²) in [6.45, 7) is 2.75. The van der Waals surface area contributed by atoms with Gasteiger partial charge in [-0.25, -0.2) is 4.99 Å². The van der Waals surface area contributed by atoms with Crippen LogP contribution in [-0.4, -0.2) is 55.1 Å². The fourth-order valence-electron chi connectivity index (χ4n) is 3.81. The van der Waals surface area contributed by atoms with Gasteiger partial charge in [0.25, 0.3) is 5.91 Å². The van der Waals surface area contributed by atoms with Crippen LogP contribution in [0.1, 0.15) is 48.0 Å². The summed E-state index contributed by atoms with van der Waals surface area (Å²) in [6.07, 6.45) is 6.06. The summed E-state index contributed by atoms with van der Waals surface area (Å²) in [4.78, 5) is 30.3. The van der Waals surface area contributed by atoms with E-state index in [4.69, 9.17) is 9.84 Å². The summed E-state index contributed by atoms with van der Waals surface area (Å²) in [5.41, 5.74) is 3.44. The normalized spacial score (nSPS) is 16.2. The standard InChI is InChI=1S/C19H17N3O2.C5H10O.CH4O.H2O/c23-18-6-3-11-22(18)15-9-7-13(8-10-15)19(24)21-17-12-14-4-1-2-5-16(14)20-17;1-2-4-6-5-3-1;1-2;/h1-2,4-5,7-10H,3,6,11-12H2,(H,20,21,24);1-5H2;2H,1H3;1H2. The van der Waals surface area contributed by atoms with Crippen molar-refractivity contribution in [3.63, 3.8) is 0 Å².